The molecule has 2 rings (SSSR count). The van der Waals surface area contributed by atoms with Crippen molar-refractivity contribution in [3.8, 4) is 5.75 Å². The van der Waals surface area contributed by atoms with Gasteiger partial charge in [0.15, 0.2) is 0 Å². The van der Waals surface area contributed by atoms with Gasteiger partial charge in [-0.1, -0.05) is 24.3 Å². The van der Waals surface area contributed by atoms with Gasteiger partial charge in [0.25, 0.3) is 0 Å². The van der Waals surface area contributed by atoms with Crippen LogP contribution in [0.15, 0.2) is 53.4 Å². The Hall–Kier alpha value is -1.52. The maximum atomic E-state index is 13.3. The molecule has 106 valence electrons. The SMILES string of the molecule is C[C@@H](N)c1ccc(F)cc1OCCSc1ccccc1. The van der Waals surface area contributed by atoms with Gasteiger partial charge in [0.2, 0.25) is 0 Å². The first-order valence-corrected chi connectivity index (χ1v) is 7.51. The third kappa shape index (κ3) is 4.25. The molecule has 0 fully saturated rings. The van der Waals surface area contributed by atoms with E-state index in [1.807, 2.05) is 25.1 Å². The summed E-state index contributed by atoms with van der Waals surface area (Å²) in [7, 11) is 0. The smallest absolute Gasteiger partial charge is 0.127 e. The number of hydrogen-bond acceptors (Lipinski definition) is 3. The van der Waals surface area contributed by atoms with Gasteiger partial charge in [-0.05, 0) is 25.1 Å². The number of nitrogens with two attached hydrogens (primary N) is 1. The molecule has 0 amide bonds. The number of halogens is 1. The molecule has 0 aromatic heterocycles. The molecule has 2 nitrogen and oxygen atoms in total. The lowest BCUT2D eigenvalue weighted by Gasteiger charge is -2.14. The quantitative estimate of drug-likeness (QED) is 0.645. The first-order chi connectivity index (χ1) is 9.66. The molecule has 0 aliphatic carbocycles. The highest BCUT2D eigenvalue weighted by atomic mass is 32.2. The standard InChI is InChI=1S/C16H18FNOS/c1-12(18)15-8-7-13(17)11-16(15)19-9-10-20-14-5-3-2-4-6-14/h2-8,11-12H,9-10,18H2,1H3/t12-/m1/s1. The lowest BCUT2D eigenvalue weighted by atomic mass is 10.1. The van der Waals surface area contributed by atoms with Crippen molar-refractivity contribution in [1.29, 1.82) is 0 Å². The maximum absolute atomic E-state index is 13.3. The topological polar surface area (TPSA) is 35.2 Å². The summed E-state index contributed by atoms with van der Waals surface area (Å²) >= 11 is 1.71. The van der Waals surface area contributed by atoms with Crippen LogP contribution in [0.25, 0.3) is 0 Å². The van der Waals surface area contributed by atoms with E-state index >= 15 is 0 Å². The van der Waals surface area contributed by atoms with Crippen LogP contribution in [-0.4, -0.2) is 12.4 Å². The Bertz CT molecular complexity index is 545. The summed E-state index contributed by atoms with van der Waals surface area (Å²) in [6.07, 6.45) is 0. The fourth-order valence-corrected chi connectivity index (χ4v) is 2.59. The van der Waals surface area contributed by atoms with Crippen molar-refractivity contribution >= 4 is 11.8 Å². The number of benzene rings is 2. The molecule has 4 heteroatoms. The van der Waals surface area contributed by atoms with Crippen molar-refractivity contribution in [3.05, 3.63) is 59.9 Å². The van der Waals surface area contributed by atoms with Gasteiger partial charge in [-0.25, -0.2) is 4.39 Å². The monoisotopic (exact) mass is 291 g/mol. The first kappa shape index (κ1) is 14.9. The second kappa shape index (κ2) is 7.31. The molecule has 0 aliphatic heterocycles. The molecule has 0 spiro atoms. The zero-order valence-electron chi connectivity index (χ0n) is 11.4. The van der Waals surface area contributed by atoms with Crippen LogP contribution in [0.4, 0.5) is 4.39 Å². The van der Waals surface area contributed by atoms with Crippen molar-refractivity contribution < 1.29 is 9.13 Å². The van der Waals surface area contributed by atoms with Gasteiger partial charge in [-0.2, -0.15) is 0 Å². The molecular formula is C16H18FNOS. The molecule has 0 heterocycles. The van der Waals surface area contributed by atoms with E-state index < -0.39 is 0 Å². The Kier molecular flexibility index (Phi) is 5.44. The van der Waals surface area contributed by atoms with Crippen LogP contribution in [0.5, 0.6) is 5.75 Å². The number of thioether (sulfide) groups is 1. The molecule has 20 heavy (non-hydrogen) atoms. The maximum Gasteiger partial charge on any atom is 0.127 e. The van der Waals surface area contributed by atoms with E-state index in [-0.39, 0.29) is 11.9 Å². The van der Waals surface area contributed by atoms with Crippen LogP contribution in [0.1, 0.15) is 18.5 Å². The summed E-state index contributed by atoms with van der Waals surface area (Å²) in [4.78, 5) is 1.20. The second-order valence-corrected chi connectivity index (χ2v) is 5.65. The summed E-state index contributed by atoms with van der Waals surface area (Å²) in [6.45, 7) is 2.38. The molecule has 0 saturated heterocycles. The van der Waals surface area contributed by atoms with E-state index in [0.717, 1.165) is 11.3 Å². The Morgan fingerprint density at radius 3 is 2.65 bits per heavy atom. The van der Waals surface area contributed by atoms with Crippen LogP contribution in [-0.2, 0) is 0 Å². The molecule has 1 atom stereocenters. The summed E-state index contributed by atoms with van der Waals surface area (Å²) in [5, 5.41) is 0. The van der Waals surface area contributed by atoms with E-state index in [4.69, 9.17) is 10.5 Å². The first-order valence-electron chi connectivity index (χ1n) is 6.52. The van der Waals surface area contributed by atoms with Crippen LogP contribution in [0, 0.1) is 5.82 Å². The fourth-order valence-electron chi connectivity index (χ4n) is 1.84. The van der Waals surface area contributed by atoms with E-state index in [1.54, 1.807) is 17.8 Å². The second-order valence-electron chi connectivity index (χ2n) is 4.48. The van der Waals surface area contributed by atoms with Gasteiger partial charge in [-0.3, -0.25) is 0 Å². The third-order valence-corrected chi connectivity index (χ3v) is 3.80. The number of hydrogen-bond donors (Lipinski definition) is 1. The molecule has 0 unspecified atom stereocenters. The van der Waals surface area contributed by atoms with Gasteiger partial charge in [0, 0.05) is 28.3 Å². The molecular weight excluding hydrogens is 273 g/mol. The van der Waals surface area contributed by atoms with Crippen LogP contribution in [0.2, 0.25) is 0 Å². The van der Waals surface area contributed by atoms with Crippen molar-refractivity contribution in [1.82, 2.24) is 0 Å². The van der Waals surface area contributed by atoms with Gasteiger partial charge in [-0.15, -0.1) is 11.8 Å². The fraction of sp³-hybridized carbons (Fsp3) is 0.250. The predicted octanol–water partition coefficient (Wildman–Crippen LogP) is 4.02. The highest BCUT2D eigenvalue weighted by molar-refractivity contribution is 7.99. The third-order valence-electron chi connectivity index (χ3n) is 2.82. The van der Waals surface area contributed by atoms with E-state index in [1.165, 1.54) is 17.0 Å². The minimum atomic E-state index is -0.305. The predicted molar refractivity (Wildman–Crippen MR) is 81.7 cm³/mol. The lowest BCUT2D eigenvalue weighted by Crippen LogP contribution is -2.09. The average Bonchev–Trinajstić information content (AvgIpc) is 2.44. The molecule has 0 saturated carbocycles. The van der Waals surface area contributed by atoms with Crippen LogP contribution in [0.3, 0.4) is 0 Å². The van der Waals surface area contributed by atoms with Gasteiger partial charge < -0.3 is 10.5 Å². The summed E-state index contributed by atoms with van der Waals surface area (Å²) in [5.41, 5.74) is 6.68. The molecule has 0 aliphatic rings. The zero-order valence-corrected chi connectivity index (χ0v) is 12.2. The van der Waals surface area contributed by atoms with Crippen LogP contribution < -0.4 is 10.5 Å². The van der Waals surface area contributed by atoms with Gasteiger partial charge in [0.05, 0.1) is 6.61 Å². The van der Waals surface area contributed by atoms with Gasteiger partial charge in [0.1, 0.15) is 11.6 Å². The van der Waals surface area contributed by atoms with Crippen LogP contribution >= 0.6 is 11.8 Å². The summed E-state index contributed by atoms with van der Waals surface area (Å²) < 4.78 is 18.9. The molecule has 2 aromatic carbocycles. The number of rotatable bonds is 6. The molecule has 0 bridgehead atoms. The van der Waals surface area contributed by atoms with E-state index in [2.05, 4.69) is 12.1 Å². The lowest BCUT2D eigenvalue weighted by molar-refractivity contribution is 0.336. The van der Waals surface area contributed by atoms with E-state index in [9.17, 15) is 4.39 Å². The Balaban J connectivity index is 1.89. The Labute approximate surface area is 123 Å². The Morgan fingerprint density at radius 2 is 1.95 bits per heavy atom. The van der Waals surface area contributed by atoms with Gasteiger partial charge >= 0.3 is 0 Å². The summed E-state index contributed by atoms with van der Waals surface area (Å²) in [6, 6.07) is 14.4. The normalized spacial score (nSPS) is 12.2. The number of ether oxygens (including phenoxy) is 1. The average molecular weight is 291 g/mol. The highest BCUT2D eigenvalue weighted by Gasteiger charge is 2.09. The highest BCUT2D eigenvalue weighted by Crippen LogP contribution is 2.25. The zero-order chi connectivity index (χ0) is 14.4. The van der Waals surface area contributed by atoms with E-state index in [0.29, 0.717) is 12.4 Å². The van der Waals surface area contributed by atoms with Crippen molar-refractivity contribution in [2.24, 2.45) is 5.73 Å². The molecule has 2 N–H and O–H groups in total. The molecule has 0 radical (unpaired) electrons. The largest absolute Gasteiger partial charge is 0.492 e. The minimum absolute atomic E-state index is 0.174. The minimum Gasteiger partial charge on any atom is -0.492 e. The van der Waals surface area contributed by atoms with Crippen molar-refractivity contribution in [2.75, 3.05) is 12.4 Å². The Morgan fingerprint density at radius 1 is 1.20 bits per heavy atom. The van der Waals surface area contributed by atoms with Crippen molar-refractivity contribution in [3.63, 3.8) is 0 Å². The van der Waals surface area contributed by atoms with Crippen molar-refractivity contribution in [2.45, 2.75) is 17.9 Å². The molecule has 2 aromatic rings. The summed E-state index contributed by atoms with van der Waals surface area (Å²) in [5.74, 6) is 1.03.